The predicted molar refractivity (Wildman–Crippen MR) is 74.4 cm³/mol. The van der Waals surface area contributed by atoms with Crippen molar-refractivity contribution in [2.24, 2.45) is 0 Å². The molecule has 90 valence electrons. The van der Waals surface area contributed by atoms with E-state index in [1.807, 2.05) is 30.2 Å². The molecule has 0 atom stereocenters. The maximum Gasteiger partial charge on any atom is 0.0794 e. The van der Waals surface area contributed by atoms with Crippen molar-refractivity contribution in [3.05, 3.63) is 58.8 Å². The number of fused-ring (bicyclic) bond motifs is 1. The molecular weight excluding hydrogens is 242 g/mol. The van der Waals surface area contributed by atoms with Crippen LogP contribution in [-0.4, -0.2) is 9.97 Å². The van der Waals surface area contributed by atoms with Crippen LogP contribution in [0.5, 0.6) is 0 Å². The van der Waals surface area contributed by atoms with Crippen molar-refractivity contribution < 1.29 is 0 Å². The number of benzene rings is 1. The SMILES string of the molecule is c1cc2cc(CNCc3cncs3)ccc2cn1. The number of hydrogen-bond acceptors (Lipinski definition) is 4. The Morgan fingerprint density at radius 2 is 2.00 bits per heavy atom. The van der Waals surface area contributed by atoms with Crippen LogP contribution in [-0.2, 0) is 13.1 Å². The van der Waals surface area contributed by atoms with Crippen LogP contribution in [0.3, 0.4) is 0 Å². The number of nitrogens with zero attached hydrogens (tertiary/aromatic N) is 2. The fraction of sp³-hybridized carbons (Fsp3) is 0.143. The van der Waals surface area contributed by atoms with E-state index in [0.29, 0.717) is 0 Å². The summed E-state index contributed by atoms with van der Waals surface area (Å²) in [5.41, 5.74) is 3.15. The molecule has 1 N–H and O–H groups in total. The van der Waals surface area contributed by atoms with E-state index in [2.05, 4.69) is 33.5 Å². The topological polar surface area (TPSA) is 37.8 Å². The molecule has 3 aromatic rings. The Morgan fingerprint density at radius 3 is 2.89 bits per heavy atom. The van der Waals surface area contributed by atoms with Crippen LogP contribution in [0.2, 0.25) is 0 Å². The first-order chi connectivity index (χ1) is 8.92. The molecule has 0 radical (unpaired) electrons. The first-order valence-electron chi connectivity index (χ1n) is 5.82. The van der Waals surface area contributed by atoms with Crippen molar-refractivity contribution in [3.63, 3.8) is 0 Å². The molecule has 2 aromatic heterocycles. The minimum Gasteiger partial charge on any atom is -0.308 e. The number of rotatable bonds is 4. The highest BCUT2D eigenvalue weighted by Crippen LogP contribution is 2.14. The molecule has 0 saturated carbocycles. The molecule has 0 aliphatic heterocycles. The molecule has 0 spiro atoms. The van der Waals surface area contributed by atoms with Crippen LogP contribution in [0.15, 0.2) is 48.4 Å². The number of hydrogen-bond donors (Lipinski definition) is 1. The van der Waals surface area contributed by atoms with E-state index in [4.69, 9.17) is 0 Å². The molecule has 0 aliphatic carbocycles. The van der Waals surface area contributed by atoms with Gasteiger partial charge in [0, 0.05) is 41.9 Å². The Morgan fingerprint density at radius 1 is 1.00 bits per heavy atom. The van der Waals surface area contributed by atoms with Crippen LogP contribution >= 0.6 is 11.3 Å². The Kier molecular flexibility index (Phi) is 3.30. The summed E-state index contributed by atoms with van der Waals surface area (Å²) in [6, 6.07) is 8.51. The van der Waals surface area contributed by atoms with Crippen molar-refractivity contribution in [2.75, 3.05) is 0 Å². The van der Waals surface area contributed by atoms with Gasteiger partial charge in [-0.2, -0.15) is 0 Å². The molecule has 0 unspecified atom stereocenters. The Hall–Kier alpha value is -1.78. The lowest BCUT2D eigenvalue weighted by molar-refractivity contribution is 0.700. The third-order valence-electron chi connectivity index (χ3n) is 2.82. The zero-order valence-electron chi connectivity index (χ0n) is 9.84. The Bertz CT molecular complexity index is 634. The van der Waals surface area contributed by atoms with Gasteiger partial charge in [-0.3, -0.25) is 9.97 Å². The van der Waals surface area contributed by atoms with E-state index in [0.717, 1.165) is 13.1 Å². The second-order valence-electron chi connectivity index (χ2n) is 4.13. The summed E-state index contributed by atoms with van der Waals surface area (Å²) in [6.07, 6.45) is 5.63. The quantitative estimate of drug-likeness (QED) is 0.779. The first-order valence-corrected chi connectivity index (χ1v) is 6.70. The van der Waals surface area contributed by atoms with Gasteiger partial charge in [0.2, 0.25) is 0 Å². The van der Waals surface area contributed by atoms with Crippen LogP contribution in [0.1, 0.15) is 10.4 Å². The van der Waals surface area contributed by atoms with Gasteiger partial charge >= 0.3 is 0 Å². The van der Waals surface area contributed by atoms with Crippen LogP contribution in [0.4, 0.5) is 0 Å². The van der Waals surface area contributed by atoms with E-state index >= 15 is 0 Å². The summed E-state index contributed by atoms with van der Waals surface area (Å²) in [7, 11) is 0. The molecule has 3 nitrogen and oxygen atoms in total. The molecule has 0 saturated heterocycles. The van der Waals surface area contributed by atoms with Gasteiger partial charge in [0.15, 0.2) is 0 Å². The molecule has 1 aromatic carbocycles. The van der Waals surface area contributed by atoms with Crippen LogP contribution in [0, 0.1) is 0 Å². The zero-order valence-corrected chi connectivity index (χ0v) is 10.7. The summed E-state index contributed by atoms with van der Waals surface area (Å²) in [5.74, 6) is 0. The standard InChI is InChI=1S/C14H13N3S/c1-2-13-7-15-4-3-12(13)5-11(1)6-16-8-14-9-17-10-18-14/h1-5,7,9-10,16H,6,8H2. The predicted octanol–water partition coefficient (Wildman–Crippen LogP) is 2.98. The van der Waals surface area contributed by atoms with Crippen molar-refractivity contribution in [1.82, 2.24) is 15.3 Å². The van der Waals surface area contributed by atoms with Crippen LogP contribution < -0.4 is 5.32 Å². The third-order valence-corrected chi connectivity index (χ3v) is 3.60. The van der Waals surface area contributed by atoms with Gasteiger partial charge in [-0.1, -0.05) is 12.1 Å². The molecule has 2 heterocycles. The lowest BCUT2D eigenvalue weighted by atomic mass is 10.1. The van der Waals surface area contributed by atoms with E-state index in [1.165, 1.54) is 21.2 Å². The molecule has 0 amide bonds. The lowest BCUT2D eigenvalue weighted by Crippen LogP contribution is -2.11. The van der Waals surface area contributed by atoms with E-state index in [-0.39, 0.29) is 0 Å². The van der Waals surface area contributed by atoms with Gasteiger partial charge in [-0.25, -0.2) is 0 Å². The molecular formula is C14H13N3S. The van der Waals surface area contributed by atoms with Crippen molar-refractivity contribution >= 4 is 22.1 Å². The summed E-state index contributed by atoms with van der Waals surface area (Å²) in [6.45, 7) is 1.75. The fourth-order valence-corrected chi connectivity index (χ4v) is 2.47. The van der Waals surface area contributed by atoms with Crippen LogP contribution in [0.25, 0.3) is 10.8 Å². The van der Waals surface area contributed by atoms with Gasteiger partial charge in [0.1, 0.15) is 0 Å². The van der Waals surface area contributed by atoms with Gasteiger partial charge in [0.25, 0.3) is 0 Å². The van der Waals surface area contributed by atoms with Gasteiger partial charge in [-0.05, 0) is 23.1 Å². The highest BCUT2D eigenvalue weighted by Gasteiger charge is 1.98. The highest BCUT2D eigenvalue weighted by atomic mass is 32.1. The van der Waals surface area contributed by atoms with Gasteiger partial charge in [-0.15, -0.1) is 11.3 Å². The largest absolute Gasteiger partial charge is 0.308 e. The molecule has 0 bridgehead atoms. The summed E-state index contributed by atoms with van der Waals surface area (Å²) >= 11 is 1.68. The maximum atomic E-state index is 4.12. The molecule has 18 heavy (non-hydrogen) atoms. The molecule has 0 aliphatic rings. The van der Waals surface area contributed by atoms with E-state index in [9.17, 15) is 0 Å². The summed E-state index contributed by atoms with van der Waals surface area (Å²) < 4.78 is 0. The highest BCUT2D eigenvalue weighted by molar-refractivity contribution is 7.09. The normalized spacial score (nSPS) is 10.9. The minimum absolute atomic E-state index is 0.871. The molecule has 3 rings (SSSR count). The first kappa shape index (κ1) is 11.3. The van der Waals surface area contributed by atoms with Crippen molar-refractivity contribution in [1.29, 1.82) is 0 Å². The monoisotopic (exact) mass is 255 g/mol. The number of nitrogens with one attached hydrogen (secondary N) is 1. The zero-order chi connectivity index (χ0) is 12.2. The Balaban J connectivity index is 1.67. The average Bonchev–Trinajstić information content (AvgIpc) is 2.92. The van der Waals surface area contributed by atoms with Crippen molar-refractivity contribution in [3.8, 4) is 0 Å². The third kappa shape index (κ3) is 2.55. The Labute approximate surface area is 110 Å². The fourth-order valence-electron chi connectivity index (χ4n) is 1.90. The van der Waals surface area contributed by atoms with E-state index in [1.54, 1.807) is 11.3 Å². The second-order valence-corrected chi connectivity index (χ2v) is 5.10. The lowest BCUT2D eigenvalue weighted by Gasteiger charge is -2.04. The second kappa shape index (κ2) is 5.25. The smallest absolute Gasteiger partial charge is 0.0794 e. The number of thiazole rings is 1. The van der Waals surface area contributed by atoms with E-state index < -0.39 is 0 Å². The maximum absolute atomic E-state index is 4.12. The summed E-state index contributed by atoms with van der Waals surface area (Å²) in [4.78, 5) is 9.44. The number of aromatic nitrogens is 2. The summed E-state index contributed by atoms with van der Waals surface area (Å²) in [5, 5.41) is 5.85. The average molecular weight is 255 g/mol. The van der Waals surface area contributed by atoms with Gasteiger partial charge < -0.3 is 5.32 Å². The van der Waals surface area contributed by atoms with Crippen molar-refractivity contribution in [2.45, 2.75) is 13.1 Å². The number of pyridine rings is 1. The molecule has 4 heteroatoms. The molecule has 0 fully saturated rings. The minimum atomic E-state index is 0.871. The van der Waals surface area contributed by atoms with Gasteiger partial charge in [0.05, 0.1) is 5.51 Å².